The van der Waals surface area contributed by atoms with Crippen molar-refractivity contribution in [2.24, 2.45) is 0 Å². The van der Waals surface area contributed by atoms with Gasteiger partial charge in [-0.1, -0.05) is 48.0 Å². The fourth-order valence-corrected chi connectivity index (χ4v) is 3.97. The summed E-state index contributed by atoms with van der Waals surface area (Å²) in [6.07, 6.45) is 0. The Hall–Kier alpha value is -3.44. The molecule has 0 aliphatic rings. The Morgan fingerprint density at radius 3 is 2.41 bits per heavy atom. The van der Waals surface area contributed by atoms with Crippen molar-refractivity contribution in [3.8, 4) is 17.0 Å². The lowest BCUT2D eigenvalue weighted by atomic mass is 9.99. The molecular weight excluding hydrogens is 398 g/mol. The second-order valence-electron chi connectivity index (χ2n) is 8.25. The molecule has 0 bridgehead atoms. The van der Waals surface area contributed by atoms with Gasteiger partial charge in [-0.2, -0.15) is 5.10 Å². The number of aromatic nitrogens is 2. The third-order valence-corrected chi connectivity index (χ3v) is 5.58. The average molecular weight is 428 g/mol. The number of benzene rings is 3. The van der Waals surface area contributed by atoms with Gasteiger partial charge in [0, 0.05) is 17.5 Å². The molecule has 3 aromatic carbocycles. The molecule has 0 N–H and O–H groups in total. The molecule has 1 heterocycles. The third kappa shape index (κ3) is 4.58. The Morgan fingerprint density at radius 2 is 1.69 bits per heavy atom. The highest BCUT2D eigenvalue weighted by Crippen LogP contribution is 2.28. The van der Waals surface area contributed by atoms with Crippen LogP contribution in [0, 0.1) is 13.8 Å². The molecule has 0 aliphatic carbocycles. The zero-order chi connectivity index (χ0) is 22.7. The number of ether oxygens (including phenoxy) is 1. The second-order valence-corrected chi connectivity index (χ2v) is 8.25. The maximum Gasteiger partial charge on any atom is 0.275 e. The van der Waals surface area contributed by atoms with E-state index in [1.54, 1.807) is 4.68 Å². The molecule has 4 rings (SSSR count). The average Bonchev–Trinajstić information content (AvgIpc) is 2.79. The van der Waals surface area contributed by atoms with E-state index in [0.29, 0.717) is 25.2 Å². The molecule has 0 amide bonds. The highest BCUT2D eigenvalue weighted by atomic mass is 16.5. The Labute approximate surface area is 188 Å². The van der Waals surface area contributed by atoms with Crippen molar-refractivity contribution in [1.82, 2.24) is 14.7 Å². The molecule has 164 valence electrons. The maximum absolute atomic E-state index is 13.2. The van der Waals surface area contributed by atoms with E-state index < -0.39 is 0 Å². The minimum atomic E-state index is -0.0757. The third-order valence-electron chi connectivity index (χ3n) is 5.58. The largest absolute Gasteiger partial charge is 0.494 e. The van der Waals surface area contributed by atoms with Crippen LogP contribution < -0.4 is 10.3 Å². The van der Waals surface area contributed by atoms with Crippen molar-refractivity contribution in [3.63, 3.8) is 0 Å². The lowest BCUT2D eigenvalue weighted by Crippen LogP contribution is -2.32. The fourth-order valence-electron chi connectivity index (χ4n) is 3.97. The first-order chi connectivity index (χ1) is 15.5. The summed E-state index contributed by atoms with van der Waals surface area (Å²) in [5.41, 5.74) is 5.29. The number of hydrogen-bond acceptors (Lipinski definition) is 4. The predicted molar refractivity (Wildman–Crippen MR) is 130 cm³/mol. The van der Waals surface area contributed by atoms with Gasteiger partial charge in [-0.25, -0.2) is 4.68 Å². The van der Waals surface area contributed by atoms with Crippen molar-refractivity contribution in [3.05, 3.63) is 93.8 Å². The van der Waals surface area contributed by atoms with Gasteiger partial charge in [-0.15, -0.1) is 0 Å². The molecule has 0 unspecified atom stereocenters. The van der Waals surface area contributed by atoms with Gasteiger partial charge in [0.1, 0.15) is 5.75 Å². The van der Waals surface area contributed by atoms with Gasteiger partial charge in [0.15, 0.2) is 0 Å². The summed E-state index contributed by atoms with van der Waals surface area (Å²) < 4.78 is 7.10. The highest BCUT2D eigenvalue weighted by Gasteiger charge is 2.15. The lowest BCUT2D eigenvalue weighted by Gasteiger charge is -2.19. The van der Waals surface area contributed by atoms with Crippen LogP contribution in [0.4, 0.5) is 0 Å². The van der Waals surface area contributed by atoms with Crippen LogP contribution in [0.3, 0.4) is 0 Å². The van der Waals surface area contributed by atoms with E-state index >= 15 is 0 Å². The summed E-state index contributed by atoms with van der Waals surface area (Å²) in [5, 5.41) is 6.41. The first kappa shape index (κ1) is 21.8. The van der Waals surface area contributed by atoms with Crippen LogP contribution in [0.1, 0.15) is 23.6 Å². The molecule has 1 aromatic heterocycles. The van der Waals surface area contributed by atoms with Gasteiger partial charge in [0.25, 0.3) is 5.56 Å². The minimum absolute atomic E-state index is 0.0757. The van der Waals surface area contributed by atoms with E-state index in [1.807, 2.05) is 50.4 Å². The van der Waals surface area contributed by atoms with Gasteiger partial charge in [0.2, 0.25) is 0 Å². The van der Waals surface area contributed by atoms with Crippen molar-refractivity contribution in [2.75, 3.05) is 13.7 Å². The second kappa shape index (κ2) is 9.37. The lowest BCUT2D eigenvalue weighted by molar-refractivity contribution is 0.241. The molecule has 0 atom stereocenters. The van der Waals surface area contributed by atoms with Gasteiger partial charge < -0.3 is 4.74 Å². The van der Waals surface area contributed by atoms with E-state index in [-0.39, 0.29) is 5.56 Å². The number of nitrogens with zero attached hydrogens (tertiary/aromatic N) is 3. The molecule has 0 fully saturated rings. The summed E-state index contributed by atoms with van der Waals surface area (Å²) in [6.45, 7) is 7.88. The molecule has 4 aromatic rings. The van der Waals surface area contributed by atoms with Crippen LogP contribution >= 0.6 is 0 Å². The molecular formula is C27H29N3O2. The first-order valence-corrected chi connectivity index (χ1v) is 10.9. The maximum atomic E-state index is 13.2. The Morgan fingerprint density at radius 1 is 0.969 bits per heavy atom. The van der Waals surface area contributed by atoms with Crippen LogP contribution in [0.2, 0.25) is 0 Å². The predicted octanol–water partition coefficient (Wildman–Crippen LogP) is 5.17. The zero-order valence-electron chi connectivity index (χ0n) is 19.1. The normalized spacial score (nSPS) is 11.3. The van der Waals surface area contributed by atoms with Crippen LogP contribution in [-0.4, -0.2) is 28.3 Å². The van der Waals surface area contributed by atoms with Crippen molar-refractivity contribution < 1.29 is 4.74 Å². The molecule has 0 saturated heterocycles. The fraction of sp³-hybridized carbons (Fsp3) is 0.259. The van der Waals surface area contributed by atoms with Crippen LogP contribution in [0.15, 0.2) is 71.5 Å². The Kier molecular flexibility index (Phi) is 6.37. The van der Waals surface area contributed by atoms with Crippen LogP contribution in [-0.2, 0) is 13.2 Å². The molecule has 5 heteroatoms. The topological polar surface area (TPSA) is 47.4 Å². The molecule has 0 saturated carbocycles. The highest BCUT2D eigenvalue weighted by molar-refractivity contribution is 5.94. The first-order valence-electron chi connectivity index (χ1n) is 10.9. The van der Waals surface area contributed by atoms with Gasteiger partial charge >= 0.3 is 0 Å². The summed E-state index contributed by atoms with van der Waals surface area (Å²) in [7, 11) is 2.00. The van der Waals surface area contributed by atoms with Gasteiger partial charge in [0.05, 0.1) is 24.4 Å². The number of aryl methyl sites for hydroxylation is 2. The smallest absolute Gasteiger partial charge is 0.275 e. The summed E-state index contributed by atoms with van der Waals surface area (Å²) in [4.78, 5) is 15.3. The molecule has 5 nitrogen and oxygen atoms in total. The number of rotatable bonds is 7. The summed E-state index contributed by atoms with van der Waals surface area (Å²) in [5.74, 6) is 0.865. The van der Waals surface area contributed by atoms with Gasteiger partial charge in [-0.3, -0.25) is 9.69 Å². The van der Waals surface area contributed by atoms with Gasteiger partial charge in [-0.05, 0) is 63.2 Å². The van der Waals surface area contributed by atoms with Crippen molar-refractivity contribution >= 4 is 10.8 Å². The quantitative estimate of drug-likeness (QED) is 0.408. The molecule has 0 aliphatic heterocycles. The monoisotopic (exact) mass is 427 g/mol. The van der Waals surface area contributed by atoms with Crippen molar-refractivity contribution in [2.45, 2.75) is 34.0 Å². The Balaban J connectivity index is 1.69. The SMILES string of the molecule is CCOc1ccc(CN(C)Cn2nc(-c3cc(C)ccc3C)c3ccccc3c2=O)cc1. The van der Waals surface area contributed by atoms with Crippen LogP contribution in [0.5, 0.6) is 5.75 Å². The van der Waals surface area contributed by atoms with E-state index in [0.717, 1.165) is 33.5 Å². The molecule has 0 spiro atoms. The van der Waals surface area contributed by atoms with Crippen molar-refractivity contribution in [1.29, 1.82) is 0 Å². The zero-order valence-corrected chi connectivity index (χ0v) is 19.1. The van der Waals surface area contributed by atoms with E-state index in [9.17, 15) is 4.79 Å². The minimum Gasteiger partial charge on any atom is -0.494 e. The number of fused-ring (bicyclic) bond motifs is 1. The van der Waals surface area contributed by atoms with E-state index in [2.05, 4.69) is 49.1 Å². The summed E-state index contributed by atoms with van der Waals surface area (Å²) in [6, 6.07) is 22.1. The Bertz CT molecular complexity index is 1290. The molecule has 32 heavy (non-hydrogen) atoms. The standard InChI is InChI=1S/C27H29N3O2/c1-5-32-22-14-12-21(13-15-22)17-29(4)18-30-27(31)24-9-7-6-8-23(24)26(28-30)25-16-19(2)10-11-20(25)3/h6-16H,5,17-18H2,1-4H3. The van der Waals surface area contributed by atoms with E-state index in [4.69, 9.17) is 9.84 Å². The number of hydrogen-bond donors (Lipinski definition) is 0. The summed E-state index contributed by atoms with van der Waals surface area (Å²) >= 11 is 0. The molecule has 0 radical (unpaired) electrons. The van der Waals surface area contributed by atoms with E-state index in [1.165, 1.54) is 5.56 Å². The van der Waals surface area contributed by atoms with Crippen LogP contribution in [0.25, 0.3) is 22.0 Å².